The van der Waals surface area contributed by atoms with Crippen molar-refractivity contribution in [2.45, 2.75) is 63.3 Å². The van der Waals surface area contributed by atoms with Crippen LogP contribution >= 0.6 is 11.8 Å². The van der Waals surface area contributed by atoms with E-state index < -0.39 is 0 Å². The summed E-state index contributed by atoms with van der Waals surface area (Å²) >= 11 is 1.99. The summed E-state index contributed by atoms with van der Waals surface area (Å²) in [4.78, 5) is 8.85. The van der Waals surface area contributed by atoms with Crippen molar-refractivity contribution in [1.29, 1.82) is 0 Å². The Balaban J connectivity index is 1.72. The number of nitrogens with zero attached hydrogens (tertiary/aromatic N) is 2. The van der Waals surface area contributed by atoms with Gasteiger partial charge in [0.15, 0.2) is 5.17 Å². The second-order valence-electron chi connectivity index (χ2n) is 7.01. The first-order valence-corrected chi connectivity index (χ1v) is 8.73. The highest BCUT2D eigenvalue weighted by atomic mass is 32.2. The monoisotopic (exact) mass is 303 g/mol. The highest BCUT2D eigenvalue weighted by Crippen LogP contribution is 2.52. The molecule has 2 heterocycles. The summed E-state index contributed by atoms with van der Waals surface area (Å²) in [5.41, 5.74) is 1.35. The van der Waals surface area contributed by atoms with E-state index >= 15 is 0 Å². The van der Waals surface area contributed by atoms with E-state index in [1.807, 2.05) is 36.3 Å². The smallest absolute Gasteiger partial charge is 0.157 e. The minimum absolute atomic E-state index is 0.134. The SMILES string of the molecule is CC1CCC2(CC1)SC(=NCc1ccncc1)NC2(C)C. The lowest BCUT2D eigenvalue weighted by atomic mass is 9.73. The van der Waals surface area contributed by atoms with Crippen LogP contribution in [0.4, 0.5) is 0 Å². The van der Waals surface area contributed by atoms with Gasteiger partial charge in [-0.05, 0) is 63.1 Å². The lowest BCUT2D eigenvalue weighted by molar-refractivity contribution is 0.231. The van der Waals surface area contributed by atoms with E-state index in [0.29, 0.717) is 4.75 Å². The van der Waals surface area contributed by atoms with Crippen LogP contribution in [0.1, 0.15) is 52.0 Å². The normalized spacial score (nSPS) is 33.3. The first kappa shape index (κ1) is 14.9. The number of nitrogens with one attached hydrogen (secondary N) is 1. The Hall–Kier alpha value is -1.03. The molecule has 0 unspecified atom stereocenters. The van der Waals surface area contributed by atoms with E-state index in [-0.39, 0.29) is 5.54 Å². The van der Waals surface area contributed by atoms with Crippen molar-refractivity contribution in [3.8, 4) is 0 Å². The molecule has 1 saturated carbocycles. The van der Waals surface area contributed by atoms with E-state index in [1.54, 1.807) is 0 Å². The summed E-state index contributed by atoms with van der Waals surface area (Å²) in [5, 5.41) is 4.79. The van der Waals surface area contributed by atoms with Crippen molar-refractivity contribution in [1.82, 2.24) is 10.3 Å². The van der Waals surface area contributed by atoms with Gasteiger partial charge < -0.3 is 5.32 Å². The fraction of sp³-hybridized carbons (Fsp3) is 0.647. The number of aromatic nitrogens is 1. The molecule has 1 aromatic rings. The summed E-state index contributed by atoms with van der Waals surface area (Å²) in [6, 6.07) is 4.07. The summed E-state index contributed by atoms with van der Waals surface area (Å²) in [6.07, 6.45) is 8.95. The zero-order valence-corrected chi connectivity index (χ0v) is 14.0. The minimum Gasteiger partial charge on any atom is -0.359 e. The molecule has 0 aromatic carbocycles. The largest absolute Gasteiger partial charge is 0.359 e. The molecule has 2 aliphatic rings. The van der Waals surface area contributed by atoms with E-state index in [4.69, 9.17) is 4.99 Å². The van der Waals surface area contributed by atoms with E-state index in [1.165, 1.54) is 31.2 Å². The lowest BCUT2D eigenvalue weighted by Crippen LogP contribution is -2.52. The number of hydrogen-bond donors (Lipinski definition) is 1. The molecule has 1 aliphatic carbocycles. The minimum atomic E-state index is 0.134. The summed E-state index contributed by atoms with van der Waals surface area (Å²) < 4.78 is 0.330. The topological polar surface area (TPSA) is 37.3 Å². The van der Waals surface area contributed by atoms with E-state index in [0.717, 1.165) is 17.6 Å². The molecular formula is C17H25N3S. The van der Waals surface area contributed by atoms with Crippen molar-refractivity contribution in [2.24, 2.45) is 10.9 Å². The van der Waals surface area contributed by atoms with Gasteiger partial charge in [0.25, 0.3) is 0 Å². The lowest BCUT2D eigenvalue weighted by Gasteiger charge is -2.43. The van der Waals surface area contributed by atoms with Crippen LogP contribution in [-0.4, -0.2) is 20.4 Å². The third-order valence-electron chi connectivity index (χ3n) is 5.09. The maximum atomic E-state index is 4.80. The molecule has 0 amide bonds. The zero-order chi connectivity index (χ0) is 14.9. The van der Waals surface area contributed by atoms with Crippen LogP contribution in [-0.2, 0) is 6.54 Å². The molecule has 114 valence electrons. The van der Waals surface area contributed by atoms with Gasteiger partial charge in [0.05, 0.1) is 6.54 Å². The number of aliphatic imine (C=N–C) groups is 1. The second kappa shape index (κ2) is 5.64. The molecular weight excluding hydrogens is 278 g/mol. The van der Waals surface area contributed by atoms with E-state index in [9.17, 15) is 0 Å². The van der Waals surface area contributed by atoms with Crippen LogP contribution in [0.15, 0.2) is 29.5 Å². The molecule has 4 heteroatoms. The Labute approximate surface area is 132 Å². The van der Waals surface area contributed by atoms with Crippen LogP contribution in [0, 0.1) is 5.92 Å². The maximum Gasteiger partial charge on any atom is 0.157 e. The fourth-order valence-electron chi connectivity index (χ4n) is 3.40. The van der Waals surface area contributed by atoms with Crippen molar-refractivity contribution in [3.05, 3.63) is 30.1 Å². The van der Waals surface area contributed by atoms with Gasteiger partial charge in [-0.2, -0.15) is 0 Å². The molecule has 0 radical (unpaired) electrons. The van der Waals surface area contributed by atoms with Crippen LogP contribution < -0.4 is 5.32 Å². The highest BCUT2D eigenvalue weighted by molar-refractivity contribution is 8.15. The van der Waals surface area contributed by atoms with Crippen LogP contribution in [0.25, 0.3) is 0 Å². The van der Waals surface area contributed by atoms with Crippen LogP contribution in [0.3, 0.4) is 0 Å². The molecule has 0 atom stereocenters. The molecule has 1 spiro atoms. The van der Waals surface area contributed by atoms with Crippen molar-refractivity contribution in [3.63, 3.8) is 0 Å². The molecule has 3 rings (SSSR count). The van der Waals surface area contributed by atoms with Gasteiger partial charge in [-0.25, -0.2) is 0 Å². The average Bonchev–Trinajstić information content (AvgIpc) is 2.72. The van der Waals surface area contributed by atoms with Crippen LogP contribution in [0.5, 0.6) is 0 Å². The Morgan fingerprint density at radius 2 is 1.95 bits per heavy atom. The van der Waals surface area contributed by atoms with Gasteiger partial charge >= 0.3 is 0 Å². The van der Waals surface area contributed by atoms with Crippen molar-refractivity contribution < 1.29 is 0 Å². The molecule has 2 fully saturated rings. The molecule has 21 heavy (non-hydrogen) atoms. The predicted octanol–water partition coefficient (Wildman–Crippen LogP) is 4.00. The van der Waals surface area contributed by atoms with E-state index in [2.05, 4.69) is 31.1 Å². The Bertz CT molecular complexity index is 516. The third kappa shape index (κ3) is 2.96. The fourth-order valence-corrected chi connectivity index (χ4v) is 4.95. The number of amidine groups is 1. The Morgan fingerprint density at radius 1 is 1.29 bits per heavy atom. The van der Waals surface area contributed by atoms with Gasteiger partial charge in [-0.15, -0.1) is 0 Å². The summed E-state index contributed by atoms with van der Waals surface area (Å²) in [6.45, 7) is 7.79. The standard InChI is InChI=1S/C17H25N3S/c1-13-4-8-17(9-5-13)16(2,3)20-15(21-17)19-12-14-6-10-18-11-7-14/h6-7,10-11,13H,4-5,8-9,12H2,1-3H3,(H,19,20). The Morgan fingerprint density at radius 3 is 2.62 bits per heavy atom. The summed E-state index contributed by atoms with van der Waals surface area (Å²) in [7, 11) is 0. The van der Waals surface area contributed by atoms with Crippen molar-refractivity contribution in [2.75, 3.05) is 0 Å². The highest BCUT2D eigenvalue weighted by Gasteiger charge is 2.53. The number of thioether (sulfide) groups is 1. The Kier molecular flexibility index (Phi) is 4.00. The van der Waals surface area contributed by atoms with Crippen LogP contribution in [0.2, 0.25) is 0 Å². The molecule has 1 aromatic heterocycles. The van der Waals surface area contributed by atoms with Gasteiger partial charge in [0.1, 0.15) is 0 Å². The zero-order valence-electron chi connectivity index (χ0n) is 13.2. The molecule has 1 saturated heterocycles. The van der Waals surface area contributed by atoms with Gasteiger partial charge in [-0.1, -0.05) is 18.7 Å². The molecule has 1 aliphatic heterocycles. The van der Waals surface area contributed by atoms with Gasteiger partial charge in [0.2, 0.25) is 0 Å². The quantitative estimate of drug-likeness (QED) is 0.897. The molecule has 0 bridgehead atoms. The van der Waals surface area contributed by atoms with Gasteiger partial charge in [-0.3, -0.25) is 9.98 Å². The maximum absolute atomic E-state index is 4.80. The van der Waals surface area contributed by atoms with Gasteiger partial charge in [0, 0.05) is 22.7 Å². The number of pyridine rings is 1. The first-order chi connectivity index (χ1) is 10.0. The third-order valence-corrected chi connectivity index (χ3v) is 6.82. The van der Waals surface area contributed by atoms with Crippen molar-refractivity contribution >= 4 is 16.9 Å². The molecule has 3 nitrogen and oxygen atoms in total. The molecule has 1 N–H and O–H groups in total. The first-order valence-electron chi connectivity index (χ1n) is 7.91. The predicted molar refractivity (Wildman–Crippen MR) is 90.5 cm³/mol. The number of hydrogen-bond acceptors (Lipinski definition) is 3. The second-order valence-corrected chi connectivity index (χ2v) is 8.38. The average molecular weight is 303 g/mol. The number of rotatable bonds is 2. The summed E-state index contributed by atoms with van der Waals surface area (Å²) in [5.74, 6) is 0.879.